The van der Waals surface area contributed by atoms with Gasteiger partial charge in [-0.25, -0.2) is 17.4 Å². The first kappa shape index (κ1) is 22.7. The molecule has 2 aromatic heterocycles. The molecular weight excluding hydrogens is 465 g/mol. The molecule has 12 heteroatoms. The molecule has 1 fully saturated rings. The van der Waals surface area contributed by atoms with E-state index in [4.69, 9.17) is 0 Å². The molecule has 3 heterocycles. The van der Waals surface area contributed by atoms with E-state index >= 15 is 0 Å². The average Bonchev–Trinajstić information content (AvgIpc) is 3.16. The van der Waals surface area contributed by atoms with Crippen LogP contribution in [0.2, 0.25) is 0 Å². The molecule has 0 unspecified atom stereocenters. The number of carbonyl (C=O) groups excluding carboxylic acids is 1. The number of aryl methyl sites for hydroxylation is 1. The summed E-state index contributed by atoms with van der Waals surface area (Å²) in [5.74, 6) is -0.225. The smallest absolute Gasteiger partial charge is 0.337 e. The van der Waals surface area contributed by atoms with Gasteiger partial charge in [-0.1, -0.05) is 6.07 Å². The minimum Gasteiger partial charge on any atom is -0.337 e. The summed E-state index contributed by atoms with van der Waals surface area (Å²) in [5, 5.41) is 5.07. The molecule has 0 radical (unpaired) electrons. The maximum Gasteiger partial charge on any atom is 0.416 e. The number of carbonyl (C=O) groups is 1. The van der Waals surface area contributed by atoms with E-state index in [0.717, 1.165) is 29.7 Å². The van der Waals surface area contributed by atoms with Crippen molar-refractivity contribution < 1.29 is 26.4 Å². The fraction of sp³-hybridized carbons (Fsp3) is 0.400. The van der Waals surface area contributed by atoms with Crippen LogP contribution in [0.5, 0.6) is 0 Å². The fourth-order valence-electron chi connectivity index (χ4n) is 3.73. The summed E-state index contributed by atoms with van der Waals surface area (Å²) in [6.07, 6.45) is -2.79. The molecule has 1 saturated heterocycles. The highest BCUT2D eigenvalue weighted by Crippen LogP contribution is 2.34. The number of aromatic nitrogens is 2. The third-order valence-corrected chi connectivity index (χ3v) is 7.79. The van der Waals surface area contributed by atoms with Crippen LogP contribution in [-0.4, -0.2) is 65.7 Å². The molecule has 1 aliphatic rings. The first-order valence-corrected chi connectivity index (χ1v) is 12.5. The van der Waals surface area contributed by atoms with E-state index in [2.05, 4.69) is 5.10 Å². The van der Waals surface area contributed by atoms with E-state index in [1.807, 2.05) is 0 Å². The van der Waals surface area contributed by atoms with Crippen molar-refractivity contribution in [1.82, 2.24) is 19.0 Å². The van der Waals surface area contributed by atoms with Gasteiger partial charge in [0.05, 0.1) is 28.1 Å². The van der Waals surface area contributed by atoms with Crippen molar-refractivity contribution in [2.45, 2.75) is 19.5 Å². The predicted octanol–water partition coefficient (Wildman–Crippen LogP) is 3.52. The molecule has 0 saturated carbocycles. The Kier molecular flexibility index (Phi) is 5.80. The van der Waals surface area contributed by atoms with Gasteiger partial charge in [-0.3, -0.25) is 4.79 Å². The summed E-state index contributed by atoms with van der Waals surface area (Å²) in [6, 6.07) is 6.59. The van der Waals surface area contributed by atoms with E-state index in [-0.39, 0.29) is 24.7 Å². The SMILES string of the molecule is Cc1nn(-c2cccc(C(F)(F)F)c2)c2sc(C(=O)N3CCCN(S(C)(=O)=O)CC3)cc12. The lowest BCUT2D eigenvalue weighted by Crippen LogP contribution is -2.36. The van der Waals surface area contributed by atoms with Crippen LogP contribution in [0.25, 0.3) is 15.9 Å². The van der Waals surface area contributed by atoms with Crippen molar-refractivity contribution in [2.24, 2.45) is 0 Å². The zero-order valence-electron chi connectivity index (χ0n) is 17.4. The summed E-state index contributed by atoms with van der Waals surface area (Å²) in [4.78, 5) is 15.7. The number of benzene rings is 1. The van der Waals surface area contributed by atoms with Crippen molar-refractivity contribution in [2.75, 3.05) is 32.4 Å². The van der Waals surface area contributed by atoms with Gasteiger partial charge in [0.1, 0.15) is 4.83 Å². The fourth-order valence-corrected chi connectivity index (χ4v) is 5.75. The van der Waals surface area contributed by atoms with Crippen molar-refractivity contribution >= 4 is 37.5 Å². The number of hydrogen-bond donors (Lipinski definition) is 0. The molecule has 0 N–H and O–H groups in total. The average molecular weight is 487 g/mol. The number of thiophene rings is 1. The van der Waals surface area contributed by atoms with E-state index < -0.39 is 21.8 Å². The van der Waals surface area contributed by atoms with Crippen LogP contribution in [0, 0.1) is 6.92 Å². The van der Waals surface area contributed by atoms with Gasteiger partial charge >= 0.3 is 6.18 Å². The first-order chi connectivity index (χ1) is 14.9. The molecule has 0 bridgehead atoms. The number of rotatable bonds is 3. The van der Waals surface area contributed by atoms with Gasteiger partial charge in [0.15, 0.2) is 0 Å². The Morgan fingerprint density at radius 1 is 1.12 bits per heavy atom. The lowest BCUT2D eigenvalue weighted by atomic mass is 10.2. The number of amides is 1. The maximum absolute atomic E-state index is 13.1. The highest BCUT2D eigenvalue weighted by Gasteiger charge is 2.31. The quantitative estimate of drug-likeness (QED) is 0.568. The van der Waals surface area contributed by atoms with Gasteiger partial charge in [-0.15, -0.1) is 11.3 Å². The Labute approximate surface area is 187 Å². The van der Waals surface area contributed by atoms with Crippen LogP contribution in [0.4, 0.5) is 13.2 Å². The summed E-state index contributed by atoms with van der Waals surface area (Å²) in [7, 11) is -3.32. The second-order valence-corrected chi connectivity index (χ2v) is 10.7. The molecule has 32 heavy (non-hydrogen) atoms. The van der Waals surface area contributed by atoms with Crippen molar-refractivity contribution in [3.8, 4) is 5.69 Å². The first-order valence-electron chi connectivity index (χ1n) is 9.86. The predicted molar refractivity (Wildman–Crippen MR) is 116 cm³/mol. The van der Waals surface area contributed by atoms with Crippen LogP contribution in [0.1, 0.15) is 27.3 Å². The van der Waals surface area contributed by atoms with E-state index in [1.165, 1.54) is 21.1 Å². The minimum atomic E-state index is -4.47. The van der Waals surface area contributed by atoms with Crippen molar-refractivity contribution in [3.05, 3.63) is 46.5 Å². The van der Waals surface area contributed by atoms with Gasteiger partial charge in [-0.05, 0) is 37.6 Å². The molecule has 1 amide bonds. The van der Waals surface area contributed by atoms with E-state index in [9.17, 15) is 26.4 Å². The Hall–Kier alpha value is -2.44. The van der Waals surface area contributed by atoms with Crippen LogP contribution >= 0.6 is 11.3 Å². The Morgan fingerprint density at radius 2 is 1.88 bits per heavy atom. The minimum absolute atomic E-state index is 0.225. The molecule has 0 atom stereocenters. The standard InChI is InChI=1S/C20H21F3N4O3S2/c1-13-16-12-17(18(28)25-7-4-8-26(10-9-25)32(2,29)30)31-19(16)27(24-13)15-6-3-5-14(11-15)20(21,22)23/h3,5-6,11-12H,4,7-10H2,1-2H3. The van der Waals surface area contributed by atoms with Gasteiger partial charge in [0, 0.05) is 31.6 Å². The van der Waals surface area contributed by atoms with Gasteiger partial charge in [0.2, 0.25) is 10.0 Å². The normalized spacial score (nSPS) is 16.5. The number of nitrogens with zero attached hydrogens (tertiary/aromatic N) is 4. The van der Waals surface area contributed by atoms with Crippen LogP contribution in [0.15, 0.2) is 30.3 Å². The van der Waals surface area contributed by atoms with E-state index in [1.54, 1.807) is 17.9 Å². The largest absolute Gasteiger partial charge is 0.416 e. The molecule has 172 valence electrons. The number of fused-ring (bicyclic) bond motifs is 1. The van der Waals surface area contributed by atoms with Crippen molar-refractivity contribution in [3.63, 3.8) is 0 Å². The molecule has 7 nitrogen and oxygen atoms in total. The summed E-state index contributed by atoms with van der Waals surface area (Å²) >= 11 is 1.16. The molecule has 1 aromatic carbocycles. The molecule has 0 spiro atoms. The number of halogens is 3. The highest BCUT2D eigenvalue weighted by molar-refractivity contribution is 7.88. The van der Waals surface area contributed by atoms with Crippen molar-refractivity contribution in [1.29, 1.82) is 0 Å². The second-order valence-electron chi connectivity index (χ2n) is 7.68. The Morgan fingerprint density at radius 3 is 2.56 bits per heavy atom. The summed E-state index contributed by atoms with van der Waals surface area (Å²) in [6.45, 7) is 3.03. The van der Waals surface area contributed by atoms with Gasteiger partial charge < -0.3 is 4.90 Å². The molecule has 0 aliphatic carbocycles. The summed E-state index contributed by atoms with van der Waals surface area (Å²) in [5.41, 5.74) is 0.0910. The zero-order chi connectivity index (χ0) is 23.3. The highest BCUT2D eigenvalue weighted by atomic mass is 32.2. The monoisotopic (exact) mass is 486 g/mol. The third-order valence-electron chi connectivity index (χ3n) is 5.38. The number of alkyl halides is 3. The van der Waals surface area contributed by atoms with E-state index in [0.29, 0.717) is 40.3 Å². The molecule has 3 aromatic rings. The summed E-state index contributed by atoms with van der Waals surface area (Å²) < 4.78 is 65.8. The number of hydrogen-bond acceptors (Lipinski definition) is 5. The topological polar surface area (TPSA) is 75.5 Å². The molecule has 4 rings (SSSR count). The van der Waals surface area contributed by atoms with Crippen LogP contribution in [-0.2, 0) is 16.2 Å². The lowest BCUT2D eigenvalue weighted by Gasteiger charge is -2.20. The molecule has 1 aliphatic heterocycles. The van der Waals surface area contributed by atoms with Crippen LogP contribution < -0.4 is 0 Å². The zero-order valence-corrected chi connectivity index (χ0v) is 19.0. The van der Waals surface area contributed by atoms with Gasteiger partial charge in [-0.2, -0.15) is 18.3 Å². The Bertz CT molecular complexity index is 1280. The third kappa shape index (κ3) is 4.39. The maximum atomic E-state index is 13.1. The lowest BCUT2D eigenvalue weighted by molar-refractivity contribution is -0.137. The molecular formula is C20H21F3N4O3S2. The Balaban J connectivity index is 1.65. The van der Waals surface area contributed by atoms with Gasteiger partial charge in [0.25, 0.3) is 5.91 Å². The number of sulfonamides is 1. The van der Waals surface area contributed by atoms with Crippen LogP contribution in [0.3, 0.4) is 0 Å². The second kappa shape index (κ2) is 8.16.